The summed E-state index contributed by atoms with van der Waals surface area (Å²) in [5.74, 6) is -11.6. The number of esters is 2. The predicted molar refractivity (Wildman–Crippen MR) is 372 cm³/mol. The van der Waals surface area contributed by atoms with Gasteiger partial charge in [-0.25, -0.2) is 44.3 Å². The molecule has 2 N–H and O–H groups in total. The molecule has 0 saturated heterocycles. The molecule has 3 heterocycles. The van der Waals surface area contributed by atoms with Crippen molar-refractivity contribution in [3.8, 4) is 28.7 Å². The summed E-state index contributed by atoms with van der Waals surface area (Å²) in [6.45, 7) is 14.6. The fourth-order valence-electron chi connectivity index (χ4n) is 12.1. The van der Waals surface area contributed by atoms with Gasteiger partial charge in [0.25, 0.3) is 5.92 Å². The molecule has 0 aliphatic heterocycles. The number of alkyl halides is 8. The lowest BCUT2D eigenvalue weighted by Crippen LogP contribution is -2.46. The van der Waals surface area contributed by atoms with Crippen molar-refractivity contribution < 1.29 is 112 Å². The molecule has 2 aliphatic carbocycles. The lowest BCUT2D eigenvalue weighted by Gasteiger charge is -2.27. The molecular formula is C70H80ClF10N8O15PS2. The van der Waals surface area contributed by atoms with Crippen LogP contribution >= 0.6 is 19.4 Å². The molecule has 8 rings (SSSR count). The fourth-order valence-corrected chi connectivity index (χ4v) is 14.9. The number of nitrogens with zero attached hydrogens (tertiary/aromatic N) is 6. The van der Waals surface area contributed by atoms with Crippen LogP contribution in [0.5, 0.6) is 5.75 Å². The average molecular weight is 1590 g/mol. The SMILES string of the molecule is CC(C)OP(=O)(Oc1cccc(CC(=O)N[C@@H](CC(=O)OC(C)(C)C)C(=O)OC(C)(C)C)c1C(C)CC(=O)CN(c1nn(CC(F)(F)F)c2c(-c3ccc(C#CC(C)(C)S(C)(=O)=O)nc3[C@H](Cc3cc(F)cc(F)c3)NC(=O)Cn3nc(C(F)(F)F)c4c3C(F)(F)[C@@H]3C[C@H]43)ccc(Cl)c12)S(C)(=O)=O)OC(C)C. The molecule has 1 saturated carbocycles. The first kappa shape index (κ1) is 84.5. The summed E-state index contributed by atoms with van der Waals surface area (Å²) in [4.78, 5) is 75.1. The minimum absolute atomic E-state index is 0.0235. The smallest absolute Gasteiger partial charge is 0.460 e. The maximum Gasteiger partial charge on any atom is 0.530 e. The van der Waals surface area contributed by atoms with Gasteiger partial charge in [-0.2, -0.15) is 45.3 Å². The molecule has 0 radical (unpaired) electrons. The number of anilines is 1. The molecule has 0 bridgehead atoms. The lowest BCUT2D eigenvalue weighted by atomic mass is 9.89. The van der Waals surface area contributed by atoms with E-state index in [1.165, 1.54) is 66.7 Å². The van der Waals surface area contributed by atoms with Gasteiger partial charge in [0.15, 0.2) is 27.1 Å². The minimum Gasteiger partial charge on any atom is -0.460 e. The van der Waals surface area contributed by atoms with Crippen molar-refractivity contribution in [2.24, 2.45) is 5.92 Å². The number of nitrogens with one attached hydrogen (secondary N) is 2. The third-order valence-corrected chi connectivity index (χ3v) is 21.7. The number of sulfone groups is 1. The van der Waals surface area contributed by atoms with Gasteiger partial charge in [0.1, 0.15) is 63.9 Å². The highest BCUT2D eigenvalue weighted by Crippen LogP contribution is 2.68. The van der Waals surface area contributed by atoms with E-state index in [4.69, 9.17) is 34.6 Å². The number of aromatic nitrogens is 5. The molecular weight excluding hydrogens is 1510 g/mol. The highest BCUT2D eigenvalue weighted by molar-refractivity contribution is 7.92. The summed E-state index contributed by atoms with van der Waals surface area (Å²) in [5.41, 5.74) is -8.50. The third kappa shape index (κ3) is 21.0. The van der Waals surface area contributed by atoms with Crippen molar-refractivity contribution in [1.82, 2.24) is 35.2 Å². The van der Waals surface area contributed by atoms with Crippen LogP contribution in [-0.2, 0) is 105 Å². The highest BCUT2D eigenvalue weighted by Gasteiger charge is 2.68. The van der Waals surface area contributed by atoms with E-state index in [9.17, 15) is 58.5 Å². The lowest BCUT2D eigenvalue weighted by molar-refractivity contribution is -0.165. The van der Waals surface area contributed by atoms with Crippen LogP contribution in [0.15, 0.2) is 60.7 Å². The van der Waals surface area contributed by atoms with Gasteiger partial charge in [0, 0.05) is 46.9 Å². The molecule has 5 atom stereocenters. The second-order valence-electron chi connectivity index (χ2n) is 29.2. The topological polar surface area (TPSA) is 293 Å². The van der Waals surface area contributed by atoms with Crippen LogP contribution in [-0.4, -0.2) is 130 Å². The van der Waals surface area contributed by atoms with E-state index >= 15 is 30.7 Å². The molecule has 37 heteroatoms. The Morgan fingerprint density at radius 1 is 0.785 bits per heavy atom. The van der Waals surface area contributed by atoms with Crippen LogP contribution in [0.2, 0.25) is 5.02 Å². The van der Waals surface area contributed by atoms with Crippen molar-refractivity contribution in [3.63, 3.8) is 0 Å². The van der Waals surface area contributed by atoms with Gasteiger partial charge in [-0.15, -0.1) is 0 Å². The molecule has 3 aromatic carbocycles. The number of ether oxygens (including phenoxy) is 2. The van der Waals surface area contributed by atoms with Crippen LogP contribution in [0.25, 0.3) is 22.0 Å². The van der Waals surface area contributed by atoms with E-state index in [2.05, 4.69) is 37.7 Å². The number of phosphoric acid groups is 1. The first-order valence-corrected chi connectivity index (χ1v) is 38.8. The largest absolute Gasteiger partial charge is 0.530 e. The molecule has 0 spiro atoms. The molecule has 2 aliphatic rings. The molecule has 584 valence electrons. The quantitative estimate of drug-likeness (QED) is 0.0200. The predicted octanol–water partition coefficient (Wildman–Crippen LogP) is 13.3. The van der Waals surface area contributed by atoms with Crippen LogP contribution in [0.3, 0.4) is 0 Å². The van der Waals surface area contributed by atoms with Gasteiger partial charge < -0.3 is 24.6 Å². The van der Waals surface area contributed by atoms with E-state index in [0.717, 1.165) is 42.7 Å². The van der Waals surface area contributed by atoms with Gasteiger partial charge >= 0.3 is 32.1 Å². The Morgan fingerprint density at radius 3 is 1.95 bits per heavy atom. The monoisotopic (exact) mass is 1590 g/mol. The number of amides is 2. The van der Waals surface area contributed by atoms with E-state index in [-0.39, 0.29) is 49.5 Å². The van der Waals surface area contributed by atoms with Crippen LogP contribution in [0.1, 0.15) is 172 Å². The summed E-state index contributed by atoms with van der Waals surface area (Å²) in [6.07, 6.45) is -13.9. The molecule has 107 heavy (non-hydrogen) atoms. The zero-order chi connectivity index (χ0) is 80.2. The number of carbonyl (C=O) groups excluding carboxylic acids is 5. The maximum absolute atomic E-state index is 15.9. The van der Waals surface area contributed by atoms with E-state index in [1.54, 1.807) is 41.5 Å². The number of carbonyl (C=O) groups is 5. The Morgan fingerprint density at radius 2 is 1.39 bits per heavy atom. The zero-order valence-corrected chi connectivity index (χ0v) is 64.0. The summed E-state index contributed by atoms with van der Waals surface area (Å²) >= 11 is 6.93. The molecule has 1 unspecified atom stereocenters. The number of pyridine rings is 1. The third-order valence-electron chi connectivity index (χ3n) is 16.5. The van der Waals surface area contributed by atoms with Gasteiger partial charge in [-0.1, -0.05) is 42.6 Å². The number of ketones is 1. The Bertz CT molecular complexity index is 4800. The number of halogens is 11. The maximum atomic E-state index is 15.9. The molecule has 3 aromatic heterocycles. The summed E-state index contributed by atoms with van der Waals surface area (Å²) in [6, 6.07) is 6.97. The molecule has 1 fully saturated rings. The number of hydrogen-bond donors (Lipinski definition) is 2. The normalized spacial score (nSPS) is 16.3. The second-order valence-corrected chi connectivity index (χ2v) is 35.6. The second kappa shape index (κ2) is 31.1. The van der Waals surface area contributed by atoms with Gasteiger partial charge in [0.05, 0.1) is 65.5 Å². The van der Waals surface area contributed by atoms with Crippen LogP contribution in [0, 0.1) is 29.4 Å². The number of sulfonamides is 1. The highest BCUT2D eigenvalue weighted by atomic mass is 35.5. The number of phosphoric ester groups is 1. The summed E-state index contributed by atoms with van der Waals surface area (Å²) in [5, 5.41) is 11.4. The van der Waals surface area contributed by atoms with Gasteiger partial charge in [0.2, 0.25) is 21.8 Å². The Balaban J connectivity index is 1.27. The van der Waals surface area contributed by atoms with Gasteiger partial charge in [-0.05, 0) is 161 Å². The first-order chi connectivity index (χ1) is 48.9. The van der Waals surface area contributed by atoms with Crippen molar-refractivity contribution in [3.05, 3.63) is 122 Å². The molecule has 6 aromatic rings. The molecule has 23 nitrogen and oxygen atoms in total. The van der Waals surface area contributed by atoms with Crippen LogP contribution in [0.4, 0.5) is 49.7 Å². The van der Waals surface area contributed by atoms with Crippen LogP contribution < -0.4 is 19.5 Å². The van der Waals surface area contributed by atoms with Crippen molar-refractivity contribution in [2.45, 2.75) is 206 Å². The number of Topliss-reactive ketones (excluding diaryl/α,β-unsaturated/α-hetero) is 1. The zero-order valence-electron chi connectivity index (χ0n) is 60.7. The van der Waals surface area contributed by atoms with Crippen molar-refractivity contribution >= 4 is 85.5 Å². The van der Waals surface area contributed by atoms with Gasteiger partial charge in [-0.3, -0.25) is 37.6 Å². The Hall–Kier alpha value is -8.16. The summed E-state index contributed by atoms with van der Waals surface area (Å²) in [7, 11) is -13.6. The Labute approximate surface area is 616 Å². The number of hydrogen-bond acceptors (Lipinski definition) is 18. The van der Waals surface area contributed by atoms with E-state index in [0.29, 0.717) is 16.6 Å². The number of rotatable bonds is 28. The minimum atomic E-state index is -5.28. The van der Waals surface area contributed by atoms with E-state index in [1.807, 2.05) is 0 Å². The summed E-state index contributed by atoms with van der Waals surface area (Å²) < 4.78 is 247. The Kier molecular flexibility index (Phi) is 24.5. The van der Waals surface area contributed by atoms with Crippen molar-refractivity contribution in [1.29, 1.82) is 0 Å². The van der Waals surface area contributed by atoms with E-state index < -0.39 is 240 Å². The number of fused-ring (bicyclic) bond motifs is 4. The fraction of sp³-hybridized carbons (Fsp3) is 0.514. The number of benzene rings is 3. The average Bonchev–Trinajstić information content (AvgIpc) is 1.52. The van der Waals surface area contributed by atoms with Crippen molar-refractivity contribution in [2.75, 3.05) is 23.4 Å². The molecule has 2 amide bonds. The first-order valence-electron chi connectivity index (χ1n) is 33.3. The standard InChI is InChI=1S/C70H80ClF10N8O15PS2/c1-36(2)102-105(95,103-37(3)4)104-52-18-16-17-40(29-53(91)84-51(64(94)101-66(9,10)11)32-55(93)100-65(6,7)8)56(52)38(5)25-44(90)33-89(107(15,98)99)63-58-49(71)22-21-46(60(58)88(86-63)35-68(74,75)76)45-20-19-43(23-24-67(12,13)106(14,96)97)82-59(45)50(28-39-26-41(72)30-42(73)27-39)83-54(92)34-87-62-57(61(85-87)70(79,80)81)47-31-48(47)69(62,77)78/h16-22,26-27,30,36-38,47-48,50-51H,25,28-29,31-35H2,1-15H3,(H,83,92)(H,84,91)/t38?,47-,48+,50-,51-/m0/s1.